The Hall–Kier alpha value is -3.70. The van der Waals surface area contributed by atoms with Crippen LogP contribution in [0.15, 0.2) is 75.8 Å². The predicted octanol–water partition coefficient (Wildman–Crippen LogP) is 7.08. The largest absolute Gasteiger partial charge is 0.505 e. The molecule has 0 aliphatic rings. The van der Waals surface area contributed by atoms with E-state index in [0.29, 0.717) is 27.2 Å². The van der Waals surface area contributed by atoms with Crippen molar-refractivity contribution < 1.29 is 27.6 Å². The summed E-state index contributed by atoms with van der Waals surface area (Å²) < 4.78 is 37.5. The first-order chi connectivity index (χ1) is 17.5. The number of ether oxygens (including phenoxy) is 1. The second-order valence-electron chi connectivity index (χ2n) is 7.89. The lowest BCUT2D eigenvalue weighted by Crippen LogP contribution is -2.12. The number of rotatable bonds is 6. The van der Waals surface area contributed by atoms with Gasteiger partial charge in [-0.15, -0.1) is 10.2 Å². The van der Waals surface area contributed by atoms with Crippen molar-refractivity contribution in [2.24, 2.45) is 10.2 Å². The Kier molecular flexibility index (Phi) is 7.37. The number of anilines is 1. The van der Waals surface area contributed by atoms with E-state index in [1.165, 1.54) is 32.2 Å². The molecule has 4 aromatic carbocycles. The van der Waals surface area contributed by atoms with E-state index in [2.05, 4.69) is 15.5 Å². The first kappa shape index (κ1) is 26.4. The van der Waals surface area contributed by atoms with Crippen LogP contribution in [0.5, 0.6) is 11.5 Å². The van der Waals surface area contributed by atoms with Crippen molar-refractivity contribution in [1.29, 1.82) is 0 Å². The van der Waals surface area contributed by atoms with Gasteiger partial charge in [-0.2, -0.15) is 8.42 Å². The molecule has 0 fully saturated rings. The van der Waals surface area contributed by atoms with Crippen molar-refractivity contribution in [1.82, 2.24) is 0 Å². The average Bonchev–Trinajstić information content (AvgIpc) is 2.84. The number of benzene rings is 4. The fourth-order valence-corrected chi connectivity index (χ4v) is 4.90. The standard InChI is InChI=1S/C25H19Cl2N3O6S/c1-13-9-20(18(26)12-22(13)37(33,34)35)29-30-23-16-6-4-3-5-14(16)10-17(24(23)31)25(32)28-15-7-8-21(36-2)19(27)11-15/h3-12,31H,1-2H3,(H,28,32)(H,33,34,35). The van der Waals surface area contributed by atoms with Gasteiger partial charge >= 0.3 is 0 Å². The van der Waals surface area contributed by atoms with E-state index >= 15 is 0 Å². The number of aryl methyl sites for hydroxylation is 1. The number of fused-ring (bicyclic) bond motifs is 1. The van der Waals surface area contributed by atoms with Gasteiger partial charge in [0.05, 0.1) is 27.6 Å². The third-order valence-corrected chi connectivity index (χ3v) is 7.02. The number of nitrogens with zero attached hydrogens (tertiary/aromatic N) is 2. The zero-order chi connectivity index (χ0) is 26.9. The normalized spacial score (nSPS) is 11.7. The number of amides is 1. The summed E-state index contributed by atoms with van der Waals surface area (Å²) in [5.74, 6) is -0.608. The number of hydrogen-bond acceptors (Lipinski definition) is 7. The number of aromatic hydroxyl groups is 1. The Morgan fingerprint density at radius 3 is 2.41 bits per heavy atom. The van der Waals surface area contributed by atoms with E-state index in [1.54, 1.807) is 36.4 Å². The molecule has 0 heterocycles. The molecule has 0 aromatic heterocycles. The van der Waals surface area contributed by atoms with E-state index in [4.69, 9.17) is 27.9 Å². The summed E-state index contributed by atoms with van der Waals surface area (Å²) in [6.45, 7) is 1.46. The van der Waals surface area contributed by atoms with Gasteiger partial charge in [-0.25, -0.2) is 0 Å². The molecule has 0 aliphatic carbocycles. The molecule has 0 saturated heterocycles. The fraction of sp³-hybridized carbons (Fsp3) is 0.0800. The summed E-state index contributed by atoms with van der Waals surface area (Å²) in [6, 6.07) is 15.5. The molecule has 12 heteroatoms. The lowest BCUT2D eigenvalue weighted by Gasteiger charge is -2.12. The molecule has 3 N–H and O–H groups in total. The van der Waals surface area contributed by atoms with Gasteiger partial charge in [0.25, 0.3) is 16.0 Å². The molecular formula is C25H19Cl2N3O6S. The highest BCUT2D eigenvalue weighted by atomic mass is 35.5. The topological polar surface area (TPSA) is 138 Å². The summed E-state index contributed by atoms with van der Waals surface area (Å²) in [7, 11) is -3.01. The monoisotopic (exact) mass is 559 g/mol. The average molecular weight is 560 g/mol. The molecule has 0 bridgehead atoms. The second kappa shape index (κ2) is 10.3. The Labute approximate surface area is 222 Å². The maximum atomic E-state index is 13.1. The van der Waals surface area contributed by atoms with Crippen LogP contribution in [-0.4, -0.2) is 31.1 Å². The van der Waals surface area contributed by atoms with Gasteiger partial charge in [0.15, 0.2) is 5.75 Å². The first-order valence-electron chi connectivity index (χ1n) is 10.6. The molecular weight excluding hydrogens is 541 g/mol. The molecule has 0 aliphatic heterocycles. The van der Waals surface area contributed by atoms with E-state index in [0.717, 1.165) is 6.07 Å². The van der Waals surface area contributed by atoms with Gasteiger partial charge in [0.1, 0.15) is 17.1 Å². The lowest BCUT2D eigenvalue weighted by molar-refractivity contribution is 0.102. The van der Waals surface area contributed by atoms with Crippen LogP contribution in [0.4, 0.5) is 17.1 Å². The summed E-state index contributed by atoms with van der Waals surface area (Å²) in [5.41, 5.74) is 0.610. The third kappa shape index (κ3) is 5.52. The minimum Gasteiger partial charge on any atom is -0.505 e. The number of azo groups is 1. The maximum absolute atomic E-state index is 13.1. The van der Waals surface area contributed by atoms with Gasteiger partial charge in [-0.3, -0.25) is 9.35 Å². The maximum Gasteiger partial charge on any atom is 0.294 e. The molecule has 190 valence electrons. The SMILES string of the molecule is COc1ccc(NC(=O)c2cc3ccccc3c(N=Nc3cc(C)c(S(=O)(=O)O)cc3Cl)c2O)cc1Cl. The molecule has 1 amide bonds. The number of carbonyl (C=O) groups is 1. The van der Waals surface area contributed by atoms with Crippen LogP contribution >= 0.6 is 23.2 Å². The number of nitrogens with one attached hydrogen (secondary N) is 1. The van der Waals surface area contributed by atoms with Crippen LogP contribution in [0.3, 0.4) is 0 Å². The summed E-state index contributed by atoms with van der Waals surface area (Å²) in [4.78, 5) is 12.7. The van der Waals surface area contributed by atoms with Crippen molar-refractivity contribution in [2.75, 3.05) is 12.4 Å². The zero-order valence-corrected chi connectivity index (χ0v) is 21.7. The zero-order valence-electron chi connectivity index (χ0n) is 19.4. The predicted molar refractivity (Wildman–Crippen MR) is 142 cm³/mol. The van der Waals surface area contributed by atoms with Crippen LogP contribution in [0, 0.1) is 6.92 Å². The Bertz CT molecular complexity index is 1690. The minimum atomic E-state index is -4.48. The van der Waals surface area contributed by atoms with Crippen LogP contribution in [0.25, 0.3) is 10.8 Å². The van der Waals surface area contributed by atoms with Crippen molar-refractivity contribution in [2.45, 2.75) is 11.8 Å². The highest BCUT2D eigenvalue weighted by molar-refractivity contribution is 7.85. The Morgan fingerprint density at radius 2 is 1.73 bits per heavy atom. The molecule has 4 rings (SSSR count). The molecule has 0 atom stereocenters. The highest BCUT2D eigenvalue weighted by Gasteiger charge is 2.20. The number of methoxy groups -OCH3 is 1. The highest BCUT2D eigenvalue weighted by Crippen LogP contribution is 2.41. The summed E-state index contributed by atoms with van der Waals surface area (Å²) in [6.07, 6.45) is 0. The van der Waals surface area contributed by atoms with Gasteiger partial charge in [-0.05, 0) is 54.3 Å². The minimum absolute atomic E-state index is 0.00332. The van der Waals surface area contributed by atoms with Crippen LogP contribution in [0.2, 0.25) is 10.0 Å². The number of hydrogen-bond donors (Lipinski definition) is 3. The van der Waals surface area contributed by atoms with Crippen molar-refractivity contribution in [3.8, 4) is 11.5 Å². The molecule has 4 aromatic rings. The molecule has 0 saturated carbocycles. The van der Waals surface area contributed by atoms with Crippen molar-refractivity contribution in [3.63, 3.8) is 0 Å². The smallest absolute Gasteiger partial charge is 0.294 e. The first-order valence-corrected chi connectivity index (χ1v) is 12.8. The van der Waals surface area contributed by atoms with Crippen LogP contribution in [-0.2, 0) is 10.1 Å². The van der Waals surface area contributed by atoms with Crippen LogP contribution in [0.1, 0.15) is 15.9 Å². The van der Waals surface area contributed by atoms with Crippen LogP contribution < -0.4 is 10.1 Å². The van der Waals surface area contributed by atoms with E-state index in [9.17, 15) is 22.9 Å². The number of halogens is 2. The van der Waals surface area contributed by atoms with Gasteiger partial charge in [0.2, 0.25) is 0 Å². The van der Waals surface area contributed by atoms with Gasteiger partial charge in [-0.1, -0.05) is 47.5 Å². The second-order valence-corrected chi connectivity index (χ2v) is 10.1. The van der Waals surface area contributed by atoms with Gasteiger partial charge in [0, 0.05) is 11.1 Å². The number of phenolic OH excluding ortho intramolecular Hbond substituents is 1. The number of carbonyl (C=O) groups excluding carboxylic acids is 1. The Morgan fingerprint density at radius 1 is 1.00 bits per heavy atom. The van der Waals surface area contributed by atoms with Gasteiger partial charge < -0.3 is 15.2 Å². The molecule has 0 unspecified atom stereocenters. The third-order valence-electron chi connectivity index (χ3n) is 5.43. The lowest BCUT2D eigenvalue weighted by atomic mass is 10.0. The number of phenols is 1. The van der Waals surface area contributed by atoms with E-state index < -0.39 is 21.8 Å². The molecule has 9 nitrogen and oxygen atoms in total. The van der Waals surface area contributed by atoms with Crippen molar-refractivity contribution in [3.05, 3.63) is 81.8 Å². The summed E-state index contributed by atoms with van der Waals surface area (Å²) in [5, 5.41) is 23.3. The van der Waals surface area contributed by atoms with E-state index in [1.807, 2.05) is 0 Å². The van der Waals surface area contributed by atoms with Crippen molar-refractivity contribution >= 4 is 67.1 Å². The Balaban J connectivity index is 1.77. The molecule has 0 spiro atoms. The molecule has 37 heavy (non-hydrogen) atoms. The molecule has 0 radical (unpaired) electrons. The quantitative estimate of drug-likeness (QED) is 0.170. The summed E-state index contributed by atoms with van der Waals surface area (Å²) >= 11 is 12.3. The van der Waals surface area contributed by atoms with E-state index in [-0.39, 0.29) is 32.4 Å². The fourth-order valence-electron chi connectivity index (χ4n) is 3.64.